The molecule has 0 saturated carbocycles. The Morgan fingerprint density at radius 3 is 3.05 bits per heavy atom. The number of anilines is 1. The van der Waals surface area contributed by atoms with Crippen molar-refractivity contribution in [2.24, 2.45) is 5.92 Å². The average Bonchev–Trinajstić information content (AvgIpc) is 3.10. The van der Waals surface area contributed by atoms with Crippen LogP contribution in [0.4, 0.5) is 5.13 Å². The zero-order valence-corrected chi connectivity index (χ0v) is 12.4. The van der Waals surface area contributed by atoms with Gasteiger partial charge in [-0.25, -0.2) is 4.98 Å². The molecule has 0 aliphatic carbocycles. The minimum absolute atomic E-state index is 0.215. The summed E-state index contributed by atoms with van der Waals surface area (Å²) in [5, 5.41) is 17.4. The predicted molar refractivity (Wildman–Crippen MR) is 79.2 cm³/mol. The Labute approximate surface area is 123 Å². The smallest absolute Gasteiger partial charge is 0.185 e. The molecule has 0 amide bonds. The number of thiazole rings is 1. The van der Waals surface area contributed by atoms with Crippen molar-refractivity contribution in [1.82, 2.24) is 15.6 Å². The fraction of sp³-hybridized carbons (Fsp3) is 0.769. The number of β-amino-alcohol motifs (C(OH)–C–C–N with tert-alkyl or cyclic N) is 1. The average molecular weight is 298 g/mol. The lowest BCUT2D eigenvalue weighted by atomic mass is 10.1. The summed E-state index contributed by atoms with van der Waals surface area (Å²) in [7, 11) is 0. The van der Waals surface area contributed by atoms with E-state index in [1.165, 1.54) is 4.88 Å². The molecule has 3 heterocycles. The largest absolute Gasteiger partial charge is 0.391 e. The zero-order valence-electron chi connectivity index (χ0n) is 11.5. The summed E-state index contributed by atoms with van der Waals surface area (Å²) in [6.07, 6.45) is 1.74. The van der Waals surface area contributed by atoms with Gasteiger partial charge in [-0.1, -0.05) is 0 Å². The van der Waals surface area contributed by atoms with Gasteiger partial charge in [0.2, 0.25) is 0 Å². The summed E-state index contributed by atoms with van der Waals surface area (Å²) in [4.78, 5) is 8.02. The van der Waals surface area contributed by atoms with E-state index in [1.54, 1.807) is 11.3 Å². The van der Waals surface area contributed by atoms with Gasteiger partial charge in [-0.05, 0) is 0 Å². The first kappa shape index (κ1) is 14.2. The van der Waals surface area contributed by atoms with Crippen molar-refractivity contribution in [2.75, 3.05) is 50.8 Å². The van der Waals surface area contributed by atoms with Crippen LogP contribution in [0.2, 0.25) is 0 Å². The highest BCUT2D eigenvalue weighted by Gasteiger charge is 2.24. The van der Waals surface area contributed by atoms with Gasteiger partial charge in [-0.15, -0.1) is 11.3 Å². The fourth-order valence-electron chi connectivity index (χ4n) is 2.59. The van der Waals surface area contributed by atoms with Crippen molar-refractivity contribution in [3.8, 4) is 0 Å². The number of nitrogens with one attached hydrogen (secondary N) is 2. The standard InChI is InChI=1S/C13H22N4O2S/c18-12-9-15-6-10(12)5-14-7-11-8-16-13(20-11)17-1-3-19-4-2-17/h8,10,12,14-15,18H,1-7,9H2. The van der Waals surface area contributed by atoms with Crippen LogP contribution in [0.3, 0.4) is 0 Å². The molecule has 6 nitrogen and oxygen atoms in total. The van der Waals surface area contributed by atoms with Crippen LogP contribution < -0.4 is 15.5 Å². The SMILES string of the molecule is OC1CNCC1CNCc1cnc(N2CCOCC2)s1. The molecule has 1 aromatic heterocycles. The Balaban J connectivity index is 1.45. The van der Waals surface area contributed by atoms with Crippen molar-refractivity contribution in [3.05, 3.63) is 11.1 Å². The summed E-state index contributed by atoms with van der Waals surface area (Å²) >= 11 is 1.74. The van der Waals surface area contributed by atoms with Crippen LogP contribution >= 0.6 is 11.3 Å². The quantitative estimate of drug-likeness (QED) is 0.690. The number of nitrogens with zero attached hydrogens (tertiary/aromatic N) is 2. The second kappa shape index (κ2) is 6.82. The number of rotatable bonds is 5. The molecule has 2 aliphatic rings. The number of aliphatic hydroxyl groups is 1. The maximum Gasteiger partial charge on any atom is 0.185 e. The first-order chi connectivity index (χ1) is 9.83. The van der Waals surface area contributed by atoms with Gasteiger partial charge >= 0.3 is 0 Å². The van der Waals surface area contributed by atoms with Crippen molar-refractivity contribution >= 4 is 16.5 Å². The summed E-state index contributed by atoms with van der Waals surface area (Å²) in [5.41, 5.74) is 0. The van der Waals surface area contributed by atoms with Gasteiger partial charge in [0.15, 0.2) is 5.13 Å². The summed E-state index contributed by atoms with van der Waals surface area (Å²) < 4.78 is 5.35. The molecule has 7 heteroatoms. The molecule has 0 aromatic carbocycles. The third-order valence-electron chi connectivity index (χ3n) is 3.83. The topological polar surface area (TPSA) is 69.7 Å². The molecule has 1 aromatic rings. The van der Waals surface area contributed by atoms with E-state index in [4.69, 9.17) is 4.74 Å². The first-order valence-electron chi connectivity index (χ1n) is 7.20. The van der Waals surface area contributed by atoms with Crippen LogP contribution in [-0.2, 0) is 11.3 Å². The van der Waals surface area contributed by atoms with E-state index in [2.05, 4.69) is 20.5 Å². The molecular weight excluding hydrogens is 276 g/mol. The number of ether oxygens (including phenoxy) is 1. The minimum atomic E-state index is -0.215. The van der Waals surface area contributed by atoms with E-state index in [1.807, 2.05) is 6.20 Å². The van der Waals surface area contributed by atoms with Crippen molar-refractivity contribution in [3.63, 3.8) is 0 Å². The Hall–Kier alpha value is -0.730. The Morgan fingerprint density at radius 1 is 1.45 bits per heavy atom. The van der Waals surface area contributed by atoms with E-state index in [0.29, 0.717) is 12.5 Å². The van der Waals surface area contributed by atoms with Gasteiger partial charge in [-0.2, -0.15) is 0 Å². The Kier molecular flexibility index (Phi) is 4.85. The van der Waals surface area contributed by atoms with Crippen LogP contribution in [0.5, 0.6) is 0 Å². The molecule has 0 radical (unpaired) electrons. The van der Waals surface area contributed by atoms with Crippen molar-refractivity contribution in [2.45, 2.75) is 12.6 Å². The Bertz CT molecular complexity index is 422. The molecule has 3 rings (SSSR count). The van der Waals surface area contributed by atoms with E-state index in [-0.39, 0.29) is 6.10 Å². The van der Waals surface area contributed by atoms with Gasteiger partial charge < -0.3 is 25.4 Å². The molecular formula is C13H22N4O2S. The van der Waals surface area contributed by atoms with E-state index >= 15 is 0 Å². The van der Waals surface area contributed by atoms with Crippen molar-refractivity contribution in [1.29, 1.82) is 0 Å². The van der Waals surface area contributed by atoms with Crippen LogP contribution in [0, 0.1) is 5.92 Å². The molecule has 2 unspecified atom stereocenters. The highest BCUT2D eigenvalue weighted by Crippen LogP contribution is 2.23. The molecule has 0 spiro atoms. The second-order valence-corrected chi connectivity index (χ2v) is 6.42. The van der Waals surface area contributed by atoms with Gasteiger partial charge in [0.25, 0.3) is 0 Å². The normalized spacial score (nSPS) is 27.1. The van der Waals surface area contributed by atoms with E-state index in [9.17, 15) is 5.11 Å². The number of aliphatic hydroxyl groups excluding tert-OH is 1. The van der Waals surface area contributed by atoms with Gasteiger partial charge in [0.1, 0.15) is 0 Å². The molecule has 112 valence electrons. The highest BCUT2D eigenvalue weighted by atomic mass is 32.1. The molecule has 2 fully saturated rings. The molecule has 3 N–H and O–H groups in total. The minimum Gasteiger partial charge on any atom is -0.391 e. The monoisotopic (exact) mass is 298 g/mol. The third kappa shape index (κ3) is 3.48. The first-order valence-corrected chi connectivity index (χ1v) is 8.01. The molecule has 2 atom stereocenters. The fourth-order valence-corrected chi connectivity index (χ4v) is 3.52. The lowest BCUT2D eigenvalue weighted by Crippen LogP contribution is -2.36. The number of aromatic nitrogens is 1. The highest BCUT2D eigenvalue weighted by molar-refractivity contribution is 7.15. The summed E-state index contributed by atoms with van der Waals surface area (Å²) in [5.74, 6) is 0.321. The van der Waals surface area contributed by atoms with Crippen LogP contribution in [0.15, 0.2) is 6.20 Å². The van der Waals surface area contributed by atoms with Gasteiger partial charge in [0, 0.05) is 56.3 Å². The predicted octanol–water partition coefficient (Wildman–Crippen LogP) is -0.350. The lowest BCUT2D eigenvalue weighted by molar-refractivity contribution is 0.122. The number of morpholine rings is 1. The maximum atomic E-state index is 9.73. The van der Waals surface area contributed by atoms with E-state index < -0.39 is 0 Å². The molecule has 0 bridgehead atoms. The third-order valence-corrected chi connectivity index (χ3v) is 4.89. The Morgan fingerprint density at radius 2 is 2.30 bits per heavy atom. The molecule has 20 heavy (non-hydrogen) atoms. The van der Waals surface area contributed by atoms with Crippen LogP contribution in [-0.4, -0.2) is 62.1 Å². The summed E-state index contributed by atoms with van der Waals surface area (Å²) in [6, 6.07) is 0. The summed E-state index contributed by atoms with van der Waals surface area (Å²) in [6.45, 7) is 6.73. The molecule has 2 saturated heterocycles. The van der Waals surface area contributed by atoms with Crippen LogP contribution in [0.1, 0.15) is 4.88 Å². The second-order valence-electron chi connectivity index (χ2n) is 5.33. The van der Waals surface area contributed by atoms with Gasteiger partial charge in [-0.3, -0.25) is 0 Å². The zero-order chi connectivity index (χ0) is 13.8. The van der Waals surface area contributed by atoms with Gasteiger partial charge in [0.05, 0.1) is 19.3 Å². The maximum absolute atomic E-state index is 9.73. The molecule has 2 aliphatic heterocycles. The van der Waals surface area contributed by atoms with Crippen LogP contribution in [0.25, 0.3) is 0 Å². The van der Waals surface area contributed by atoms with Crippen molar-refractivity contribution < 1.29 is 9.84 Å². The lowest BCUT2D eigenvalue weighted by Gasteiger charge is -2.25. The van der Waals surface area contributed by atoms with E-state index in [0.717, 1.165) is 51.1 Å². The number of hydrogen-bond donors (Lipinski definition) is 3. The number of hydrogen-bond acceptors (Lipinski definition) is 7.